The lowest BCUT2D eigenvalue weighted by Gasteiger charge is -2.00. The Morgan fingerprint density at radius 3 is 2.56 bits per heavy atom. The lowest BCUT2D eigenvalue weighted by molar-refractivity contribution is 0.666. The molecule has 9 heavy (non-hydrogen) atoms. The van der Waals surface area contributed by atoms with Gasteiger partial charge in [-0.3, -0.25) is 10.6 Å². The number of rotatable bonds is 2. The molecule has 1 heterocycles. The normalized spacial score (nSPS) is 21.3. The standard InChI is InChI=1S/C6H11N3/c7-3-1-2-6-8-4-5-9-6/h1-3,6-9H,4-5H2/b2-1-,7-3?. The van der Waals surface area contributed by atoms with Crippen LogP contribution in [-0.4, -0.2) is 25.5 Å². The van der Waals surface area contributed by atoms with Crippen molar-refractivity contribution in [1.82, 2.24) is 10.6 Å². The lowest BCUT2D eigenvalue weighted by Crippen LogP contribution is -2.28. The van der Waals surface area contributed by atoms with E-state index in [1.807, 2.05) is 6.08 Å². The van der Waals surface area contributed by atoms with Crippen molar-refractivity contribution in [3.05, 3.63) is 12.2 Å². The summed E-state index contributed by atoms with van der Waals surface area (Å²) in [4.78, 5) is 0. The summed E-state index contributed by atoms with van der Waals surface area (Å²) in [6.07, 6.45) is 5.21. The van der Waals surface area contributed by atoms with E-state index in [0.29, 0.717) is 0 Å². The van der Waals surface area contributed by atoms with Crippen LogP contribution in [0.15, 0.2) is 12.2 Å². The van der Waals surface area contributed by atoms with Gasteiger partial charge in [0.1, 0.15) is 0 Å². The molecule has 1 rings (SSSR count). The number of nitrogens with one attached hydrogen (secondary N) is 3. The maximum atomic E-state index is 6.70. The SMILES string of the molecule is N=C/C=C\C1NCCN1. The third-order valence-corrected chi connectivity index (χ3v) is 1.25. The van der Waals surface area contributed by atoms with Crippen molar-refractivity contribution in [3.8, 4) is 0 Å². The monoisotopic (exact) mass is 125 g/mol. The van der Waals surface area contributed by atoms with Crippen LogP contribution in [-0.2, 0) is 0 Å². The molecule has 50 valence electrons. The molecule has 0 spiro atoms. The zero-order valence-electron chi connectivity index (χ0n) is 5.22. The molecular weight excluding hydrogens is 114 g/mol. The first kappa shape index (κ1) is 6.45. The topological polar surface area (TPSA) is 47.9 Å². The van der Waals surface area contributed by atoms with Crippen LogP contribution in [0.4, 0.5) is 0 Å². The highest BCUT2D eigenvalue weighted by Gasteiger charge is 2.06. The molecule has 0 aliphatic carbocycles. The van der Waals surface area contributed by atoms with Crippen molar-refractivity contribution >= 4 is 6.21 Å². The fourth-order valence-corrected chi connectivity index (χ4v) is 0.830. The van der Waals surface area contributed by atoms with Crippen molar-refractivity contribution < 1.29 is 0 Å². The molecule has 3 heteroatoms. The Morgan fingerprint density at radius 2 is 2.00 bits per heavy atom. The van der Waals surface area contributed by atoms with Crippen LogP contribution >= 0.6 is 0 Å². The molecule has 0 atom stereocenters. The van der Waals surface area contributed by atoms with Gasteiger partial charge in [-0.1, -0.05) is 6.08 Å². The smallest absolute Gasteiger partial charge is 0.0768 e. The molecule has 1 fully saturated rings. The highest BCUT2D eigenvalue weighted by Crippen LogP contribution is 1.85. The Labute approximate surface area is 54.7 Å². The number of hydrogen-bond donors (Lipinski definition) is 3. The molecule has 0 aromatic heterocycles. The van der Waals surface area contributed by atoms with Gasteiger partial charge in [-0.05, 0) is 6.08 Å². The van der Waals surface area contributed by atoms with E-state index < -0.39 is 0 Å². The highest BCUT2D eigenvalue weighted by molar-refractivity contribution is 5.67. The van der Waals surface area contributed by atoms with E-state index in [4.69, 9.17) is 5.41 Å². The molecule has 0 amide bonds. The summed E-state index contributed by atoms with van der Waals surface area (Å²) in [7, 11) is 0. The fraction of sp³-hybridized carbons (Fsp3) is 0.500. The Kier molecular flexibility index (Phi) is 2.42. The summed E-state index contributed by atoms with van der Waals surface area (Å²) in [5.41, 5.74) is 0. The minimum atomic E-state index is 0.284. The van der Waals surface area contributed by atoms with E-state index >= 15 is 0 Å². The number of hydrogen-bond acceptors (Lipinski definition) is 3. The minimum Gasteiger partial charge on any atom is -0.309 e. The first-order chi connectivity index (χ1) is 4.43. The maximum Gasteiger partial charge on any atom is 0.0768 e. The largest absolute Gasteiger partial charge is 0.309 e. The summed E-state index contributed by atoms with van der Waals surface area (Å²) < 4.78 is 0. The quantitative estimate of drug-likeness (QED) is 0.444. The molecule has 3 nitrogen and oxygen atoms in total. The van der Waals surface area contributed by atoms with Gasteiger partial charge >= 0.3 is 0 Å². The molecule has 3 N–H and O–H groups in total. The van der Waals surface area contributed by atoms with Crippen molar-refractivity contribution in [1.29, 1.82) is 5.41 Å². The van der Waals surface area contributed by atoms with Gasteiger partial charge in [0.25, 0.3) is 0 Å². The van der Waals surface area contributed by atoms with Crippen LogP contribution < -0.4 is 10.6 Å². The second-order valence-corrected chi connectivity index (χ2v) is 1.94. The van der Waals surface area contributed by atoms with Crippen LogP contribution in [0.25, 0.3) is 0 Å². The Bertz CT molecular complexity index is 113. The maximum absolute atomic E-state index is 6.70. The van der Waals surface area contributed by atoms with Gasteiger partial charge in [-0.2, -0.15) is 0 Å². The van der Waals surface area contributed by atoms with E-state index in [0.717, 1.165) is 13.1 Å². The summed E-state index contributed by atoms with van der Waals surface area (Å²) in [6.45, 7) is 2.04. The van der Waals surface area contributed by atoms with Crippen LogP contribution in [0.1, 0.15) is 0 Å². The lowest BCUT2D eigenvalue weighted by atomic mass is 10.4. The van der Waals surface area contributed by atoms with Crippen molar-refractivity contribution in [3.63, 3.8) is 0 Å². The van der Waals surface area contributed by atoms with Gasteiger partial charge in [-0.15, -0.1) is 0 Å². The van der Waals surface area contributed by atoms with E-state index in [-0.39, 0.29) is 6.17 Å². The average Bonchev–Trinajstić information content (AvgIpc) is 2.34. The van der Waals surface area contributed by atoms with Gasteiger partial charge in [0.15, 0.2) is 0 Å². The zero-order chi connectivity index (χ0) is 6.53. The summed E-state index contributed by atoms with van der Waals surface area (Å²) >= 11 is 0. The predicted molar refractivity (Wildman–Crippen MR) is 37.7 cm³/mol. The van der Waals surface area contributed by atoms with Crippen molar-refractivity contribution in [2.24, 2.45) is 0 Å². The second-order valence-electron chi connectivity index (χ2n) is 1.94. The summed E-state index contributed by atoms with van der Waals surface area (Å²) in [5, 5.41) is 13.1. The number of allylic oxidation sites excluding steroid dienone is 1. The molecule has 1 saturated heterocycles. The Morgan fingerprint density at radius 1 is 1.33 bits per heavy atom. The first-order valence-corrected chi connectivity index (χ1v) is 3.07. The predicted octanol–water partition coefficient (Wildman–Crippen LogP) is -0.289. The van der Waals surface area contributed by atoms with Crippen molar-refractivity contribution in [2.75, 3.05) is 13.1 Å². The molecule has 1 aliphatic heterocycles. The first-order valence-electron chi connectivity index (χ1n) is 3.07. The van der Waals surface area contributed by atoms with Gasteiger partial charge in [0.05, 0.1) is 6.17 Å². The minimum absolute atomic E-state index is 0.284. The van der Waals surface area contributed by atoms with Gasteiger partial charge in [0.2, 0.25) is 0 Å². The highest BCUT2D eigenvalue weighted by atomic mass is 15.2. The van der Waals surface area contributed by atoms with Crippen LogP contribution in [0.2, 0.25) is 0 Å². The van der Waals surface area contributed by atoms with E-state index in [1.54, 1.807) is 6.08 Å². The van der Waals surface area contributed by atoms with Crippen molar-refractivity contribution in [2.45, 2.75) is 6.17 Å². The van der Waals surface area contributed by atoms with Gasteiger partial charge < -0.3 is 5.41 Å². The van der Waals surface area contributed by atoms with Gasteiger partial charge in [0, 0.05) is 19.3 Å². The van der Waals surface area contributed by atoms with Crippen LogP contribution in [0.3, 0.4) is 0 Å². The molecule has 0 saturated carbocycles. The molecule has 0 unspecified atom stereocenters. The Hall–Kier alpha value is -0.670. The van der Waals surface area contributed by atoms with Gasteiger partial charge in [-0.25, -0.2) is 0 Å². The summed E-state index contributed by atoms with van der Waals surface area (Å²) in [5.74, 6) is 0. The van der Waals surface area contributed by atoms with E-state index in [1.165, 1.54) is 6.21 Å². The molecule has 0 radical (unpaired) electrons. The average molecular weight is 125 g/mol. The molecular formula is C6H11N3. The fourth-order valence-electron chi connectivity index (χ4n) is 0.830. The zero-order valence-corrected chi connectivity index (χ0v) is 5.22. The van der Waals surface area contributed by atoms with Crippen LogP contribution in [0, 0.1) is 5.41 Å². The van der Waals surface area contributed by atoms with Crippen LogP contribution in [0.5, 0.6) is 0 Å². The molecule has 0 aromatic carbocycles. The molecule has 1 aliphatic rings. The second kappa shape index (κ2) is 3.37. The third-order valence-electron chi connectivity index (χ3n) is 1.25. The third kappa shape index (κ3) is 1.95. The van der Waals surface area contributed by atoms with E-state index in [2.05, 4.69) is 10.6 Å². The molecule has 0 bridgehead atoms. The molecule has 0 aromatic rings. The Balaban J connectivity index is 2.25. The van der Waals surface area contributed by atoms with E-state index in [9.17, 15) is 0 Å². The summed E-state index contributed by atoms with van der Waals surface area (Å²) in [6, 6.07) is 0.